The van der Waals surface area contributed by atoms with Crippen molar-refractivity contribution in [2.45, 2.75) is 32.1 Å². The van der Waals surface area contributed by atoms with Crippen molar-refractivity contribution in [1.82, 2.24) is 0 Å². The van der Waals surface area contributed by atoms with Gasteiger partial charge in [0.15, 0.2) is 29.0 Å². The van der Waals surface area contributed by atoms with Crippen LogP contribution in [-0.2, 0) is 0 Å². The minimum absolute atomic E-state index is 0.0524. The average Bonchev–Trinajstić information content (AvgIpc) is 3.24. The lowest BCUT2D eigenvalue weighted by Gasteiger charge is -2.21. The largest absolute Gasteiger partial charge is 0.505 e. The first-order valence-corrected chi connectivity index (χ1v) is 9.17. The van der Waals surface area contributed by atoms with Gasteiger partial charge < -0.3 is 5.11 Å². The number of aromatic hydroxyl groups is 1. The zero-order valence-electron chi connectivity index (χ0n) is 15.1. The smallest absolute Gasteiger partial charge is 0.200 e. The van der Waals surface area contributed by atoms with Crippen LogP contribution in [0.15, 0.2) is 30.3 Å². The van der Waals surface area contributed by atoms with E-state index in [1.807, 2.05) is 6.08 Å². The summed E-state index contributed by atoms with van der Waals surface area (Å²) in [6, 6.07) is 5.23. The van der Waals surface area contributed by atoms with Crippen LogP contribution in [0.5, 0.6) is 5.75 Å². The Labute approximate surface area is 159 Å². The molecule has 0 bridgehead atoms. The molecular formula is C22H18F4O2. The van der Waals surface area contributed by atoms with Gasteiger partial charge in [-0.05, 0) is 67.2 Å². The van der Waals surface area contributed by atoms with E-state index in [0.29, 0.717) is 24.8 Å². The zero-order chi connectivity index (χ0) is 20.2. The predicted octanol–water partition coefficient (Wildman–Crippen LogP) is 5.75. The molecule has 0 aliphatic heterocycles. The normalized spacial score (nSPS) is 23.6. The molecule has 2 aromatic carbocycles. The van der Waals surface area contributed by atoms with Gasteiger partial charge >= 0.3 is 0 Å². The van der Waals surface area contributed by atoms with E-state index in [1.165, 1.54) is 25.1 Å². The van der Waals surface area contributed by atoms with E-state index >= 15 is 0 Å². The van der Waals surface area contributed by atoms with Crippen LogP contribution in [0.1, 0.15) is 53.6 Å². The molecule has 0 saturated heterocycles. The molecule has 2 nitrogen and oxygen atoms in total. The summed E-state index contributed by atoms with van der Waals surface area (Å²) in [7, 11) is 0. The molecule has 2 aliphatic carbocycles. The van der Waals surface area contributed by atoms with Crippen molar-refractivity contribution in [2.75, 3.05) is 0 Å². The number of carbonyl (C=O) groups is 1. The highest BCUT2D eigenvalue weighted by atomic mass is 19.2. The summed E-state index contributed by atoms with van der Waals surface area (Å²) < 4.78 is 57.0. The highest BCUT2D eigenvalue weighted by Crippen LogP contribution is 2.55. The third-order valence-corrected chi connectivity index (χ3v) is 6.10. The van der Waals surface area contributed by atoms with Gasteiger partial charge in [0.05, 0.1) is 5.56 Å². The van der Waals surface area contributed by atoms with Gasteiger partial charge in [0.2, 0.25) is 5.82 Å². The molecule has 2 aromatic rings. The highest BCUT2D eigenvalue weighted by Gasteiger charge is 2.43. The molecule has 2 aliphatic rings. The van der Waals surface area contributed by atoms with Gasteiger partial charge in [-0.1, -0.05) is 18.2 Å². The summed E-state index contributed by atoms with van der Waals surface area (Å²) >= 11 is 0. The lowest BCUT2D eigenvalue weighted by atomic mass is 9.83. The highest BCUT2D eigenvalue weighted by molar-refractivity contribution is 5.94. The Morgan fingerprint density at radius 1 is 0.929 bits per heavy atom. The van der Waals surface area contributed by atoms with Crippen LogP contribution < -0.4 is 0 Å². The number of Topliss-reactive ketones (excluding diaryl/α,β-unsaturated/α-hetero) is 1. The zero-order valence-corrected chi connectivity index (χ0v) is 15.1. The topological polar surface area (TPSA) is 37.3 Å². The van der Waals surface area contributed by atoms with E-state index in [4.69, 9.17) is 0 Å². The van der Waals surface area contributed by atoms with Crippen molar-refractivity contribution in [2.24, 2.45) is 11.8 Å². The molecule has 0 spiro atoms. The molecule has 1 fully saturated rings. The van der Waals surface area contributed by atoms with E-state index < -0.39 is 34.8 Å². The molecule has 3 unspecified atom stereocenters. The molecule has 1 saturated carbocycles. The quantitative estimate of drug-likeness (QED) is 0.535. The fraction of sp³-hybridized carbons (Fsp3) is 0.318. The van der Waals surface area contributed by atoms with E-state index in [-0.39, 0.29) is 34.4 Å². The number of phenols is 1. The Bertz CT molecular complexity index is 1010. The summed E-state index contributed by atoms with van der Waals surface area (Å²) in [6.07, 6.45) is 3.59. The summed E-state index contributed by atoms with van der Waals surface area (Å²) in [6.45, 7) is 1.18. The van der Waals surface area contributed by atoms with Crippen molar-refractivity contribution in [3.05, 3.63) is 70.3 Å². The first-order valence-electron chi connectivity index (χ1n) is 9.17. The molecule has 3 atom stereocenters. The summed E-state index contributed by atoms with van der Waals surface area (Å²) in [5, 5.41) is 9.34. The van der Waals surface area contributed by atoms with Crippen molar-refractivity contribution >= 4 is 11.4 Å². The Morgan fingerprint density at radius 3 is 2.36 bits per heavy atom. The Balaban J connectivity index is 1.66. The van der Waals surface area contributed by atoms with E-state index in [1.54, 1.807) is 0 Å². The maximum Gasteiger partial charge on any atom is 0.200 e. The number of allylic oxidation sites excluding steroid dienone is 2. The second-order valence-electron chi connectivity index (χ2n) is 7.50. The van der Waals surface area contributed by atoms with E-state index in [0.717, 1.165) is 6.07 Å². The van der Waals surface area contributed by atoms with Crippen molar-refractivity contribution in [3.8, 4) is 5.75 Å². The number of carbonyl (C=O) groups excluding carboxylic acids is 1. The number of ketones is 1. The van der Waals surface area contributed by atoms with Crippen molar-refractivity contribution < 1.29 is 27.5 Å². The number of hydrogen-bond donors (Lipinski definition) is 1. The molecule has 1 N–H and O–H groups in total. The van der Waals surface area contributed by atoms with Crippen molar-refractivity contribution in [3.63, 3.8) is 0 Å². The Kier molecular flexibility index (Phi) is 4.52. The fourth-order valence-electron chi connectivity index (χ4n) is 4.78. The number of hydrogen-bond acceptors (Lipinski definition) is 2. The average molecular weight is 390 g/mol. The van der Waals surface area contributed by atoms with Gasteiger partial charge in [0, 0.05) is 5.56 Å². The third kappa shape index (κ3) is 2.74. The first-order chi connectivity index (χ1) is 13.3. The monoisotopic (exact) mass is 390 g/mol. The predicted molar refractivity (Wildman–Crippen MR) is 95.9 cm³/mol. The Morgan fingerprint density at radius 2 is 1.64 bits per heavy atom. The Hall–Kier alpha value is -2.63. The molecule has 4 rings (SSSR count). The second-order valence-corrected chi connectivity index (χ2v) is 7.50. The third-order valence-electron chi connectivity index (χ3n) is 6.10. The van der Waals surface area contributed by atoms with Gasteiger partial charge in [-0.15, -0.1) is 0 Å². The van der Waals surface area contributed by atoms with Crippen LogP contribution in [0.25, 0.3) is 5.57 Å². The fourth-order valence-corrected chi connectivity index (χ4v) is 4.78. The maximum absolute atomic E-state index is 14.6. The van der Waals surface area contributed by atoms with E-state index in [9.17, 15) is 27.5 Å². The van der Waals surface area contributed by atoms with Crippen LogP contribution in [0.2, 0.25) is 0 Å². The molecule has 28 heavy (non-hydrogen) atoms. The summed E-state index contributed by atoms with van der Waals surface area (Å²) in [5.41, 5.74) is 0.685. The van der Waals surface area contributed by atoms with Gasteiger partial charge in [0.1, 0.15) is 0 Å². The van der Waals surface area contributed by atoms with Crippen LogP contribution in [0.4, 0.5) is 17.6 Å². The molecule has 0 heterocycles. The summed E-state index contributed by atoms with van der Waals surface area (Å²) in [5.74, 6) is -6.22. The number of phenolic OH excluding ortho intramolecular Hbond substituents is 1. The molecular weight excluding hydrogens is 372 g/mol. The number of halogens is 4. The minimum atomic E-state index is -1.26. The first kappa shape index (κ1) is 18.7. The lowest BCUT2D eigenvalue weighted by Crippen LogP contribution is -2.12. The maximum atomic E-state index is 14.6. The molecule has 146 valence electrons. The molecule has 0 aromatic heterocycles. The van der Waals surface area contributed by atoms with Gasteiger partial charge in [-0.25, -0.2) is 13.2 Å². The lowest BCUT2D eigenvalue weighted by molar-refractivity contribution is 0.101. The van der Waals surface area contributed by atoms with Crippen LogP contribution >= 0.6 is 0 Å². The second kappa shape index (κ2) is 6.76. The van der Waals surface area contributed by atoms with Gasteiger partial charge in [-0.2, -0.15) is 4.39 Å². The van der Waals surface area contributed by atoms with E-state index in [2.05, 4.69) is 0 Å². The number of benzene rings is 2. The molecule has 6 heteroatoms. The van der Waals surface area contributed by atoms with Gasteiger partial charge in [-0.3, -0.25) is 4.79 Å². The van der Waals surface area contributed by atoms with Crippen molar-refractivity contribution in [1.29, 1.82) is 0 Å². The minimum Gasteiger partial charge on any atom is -0.505 e. The number of fused-ring (bicyclic) bond motifs is 1. The van der Waals surface area contributed by atoms with Crippen LogP contribution in [0, 0.1) is 35.1 Å². The summed E-state index contributed by atoms with van der Waals surface area (Å²) in [4.78, 5) is 11.4. The standard InChI is InChI=1S/C22H18F4O2/c1-10(27)11-2-7-16(20(24)19(11)23)14-5-3-13-12(14)4-6-15(13)17-8-9-18(28)22(26)21(17)25/h2,5,7-9,12-13,15,28H,3-4,6H2,1H3. The van der Waals surface area contributed by atoms with Crippen LogP contribution in [0.3, 0.4) is 0 Å². The molecule has 0 amide bonds. The number of rotatable bonds is 3. The van der Waals surface area contributed by atoms with Gasteiger partial charge in [0.25, 0.3) is 0 Å². The SMILES string of the molecule is CC(=O)c1ccc(C2=CCC3C2CCC3c2ccc(O)c(F)c2F)c(F)c1F. The van der Waals surface area contributed by atoms with Crippen LogP contribution in [-0.4, -0.2) is 10.9 Å². The molecule has 0 radical (unpaired) electrons.